The molecule has 1 aromatic carbocycles. The van der Waals surface area contributed by atoms with E-state index < -0.39 is 0 Å². The van der Waals surface area contributed by atoms with Crippen molar-refractivity contribution in [3.8, 4) is 17.2 Å². The molecule has 1 heterocycles. The van der Waals surface area contributed by atoms with E-state index in [0.717, 1.165) is 5.69 Å². The molecule has 7 heteroatoms. The maximum Gasteiger partial charge on any atom is 0.240 e. The fourth-order valence-electron chi connectivity index (χ4n) is 1.69. The van der Waals surface area contributed by atoms with Crippen LogP contribution in [-0.2, 0) is 0 Å². The minimum Gasteiger partial charge on any atom is -0.493 e. The molecule has 2 aromatic rings. The van der Waals surface area contributed by atoms with Crippen molar-refractivity contribution in [1.82, 2.24) is 9.97 Å². The second-order valence-electron chi connectivity index (χ2n) is 3.71. The van der Waals surface area contributed by atoms with E-state index in [4.69, 9.17) is 14.2 Å². The minimum atomic E-state index is 0.502. The van der Waals surface area contributed by atoms with E-state index in [1.807, 2.05) is 0 Å². The molecule has 1 aromatic heterocycles. The number of hydrogen-bond acceptors (Lipinski definition) is 6. The summed E-state index contributed by atoms with van der Waals surface area (Å²) in [6.45, 7) is 0. The van der Waals surface area contributed by atoms with Crippen molar-refractivity contribution in [2.75, 3.05) is 25.3 Å². The van der Waals surface area contributed by atoms with Gasteiger partial charge in [-0.3, -0.25) is 0 Å². The van der Waals surface area contributed by atoms with Crippen LogP contribution in [-0.4, -0.2) is 31.3 Å². The molecule has 0 bridgehead atoms. The highest BCUT2D eigenvalue weighted by Crippen LogP contribution is 2.42. The molecule has 0 aliphatic rings. The highest BCUT2D eigenvalue weighted by Gasteiger charge is 2.17. The first-order valence-corrected chi connectivity index (χ1v) is 6.45. The van der Waals surface area contributed by atoms with Crippen molar-refractivity contribution in [3.63, 3.8) is 0 Å². The van der Waals surface area contributed by atoms with E-state index in [2.05, 4.69) is 26.1 Å². The second kappa shape index (κ2) is 6.42. The number of methoxy groups -OCH3 is 3. The van der Waals surface area contributed by atoms with Crippen molar-refractivity contribution in [1.29, 1.82) is 0 Å². The standard InChI is InChI=1S/C13H14BrN3O3/c1-18-10-7-9(8-11(19-2)12(10)20-3)17(14)13-15-5-4-6-16-13/h4-8H,1-3H3. The lowest BCUT2D eigenvalue weighted by Crippen LogP contribution is -2.06. The molecule has 0 aliphatic heterocycles. The highest BCUT2D eigenvalue weighted by atomic mass is 79.9. The fourth-order valence-corrected chi connectivity index (χ4v) is 2.08. The van der Waals surface area contributed by atoms with Gasteiger partial charge in [-0.25, -0.2) is 13.9 Å². The molecule has 106 valence electrons. The summed E-state index contributed by atoms with van der Waals surface area (Å²) in [5.41, 5.74) is 0.755. The molecule has 0 amide bonds. The molecule has 2 rings (SSSR count). The molecular formula is C13H14BrN3O3. The van der Waals surface area contributed by atoms with Gasteiger partial charge in [-0.1, -0.05) is 0 Å². The molecule has 0 N–H and O–H groups in total. The Balaban J connectivity index is 2.47. The van der Waals surface area contributed by atoms with Gasteiger partial charge < -0.3 is 14.2 Å². The van der Waals surface area contributed by atoms with Crippen molar-refractivity contribution >= 4 is 27.8 Å². The van der Waals surface area contributed by atoms with Gasteiger partial charge in [-0.05, 0) is 6.07 Å². The topological polar surface area (TPSA) is 56.7 Å². The highest BCUT2D eigenvalue weighted by molar-refractivity contribution is 9.10. The van der Waals surface area contributed by atoms with Gasteiger partial charge >= 0.3 is 0 Å². The van der Waals surface area contributed by atoms with Crippen LogP contribution in [0.4, 0.5) is 11.6 Å². The third kappa shape index (κ3) is 2.77. The average Bonchev–Trinajstić information content (AvgIpc) is 2.53. The molecule has 6 nitrogen and oxygen atoms in total. The lowest BCUT2D eigenvalue weighted by Gasteiger charge is -2.18. The van der Waals surface area contributed by atoms with Crippen molar-refractivity contribution in [2.45, 2.75) is 0 Å². The van der Waals surface area contributed by atoms with Crippen molar-refractivity contribution in [2.24, 2.45) is 0 Å². The molecule has 20 heavy (non-hydrogen) atoms. The van der Waals surface area contributed by atoms with E-state index in [0.29, 0.717) is 23.2 Å². The van der Waals surface area contributed by atoms with Gasteiger partial charge in [0.1, 0.15) is 0 Å². The number of anilines is 2. The zero-order valence-electron chi connectivity index (χ0n) is 11.3. The molecule has 0 radical (unpaired) electrons. The first-order valence-electron chi connectivity index (χ1n) is 5.74. The molecule has 0 atom stereocenters. The summed E-state index contributed by atoms with van der Waals surface area (Å²) in [6.07, 6.45) is 3.32. The Morgan fingerprint density at radius 2 is 1.50 bits per heavy atom. The third-order valence-corrected chi connectivity index (χ3v) is 3.33. The SMILES string of the molecule is COc1cc(N(Br)c2ncccn2)cc(OC)c1OC. The van der Waals surface area contributed by atoms with Gasteiger partial charge in [-0.15, -0.1) is 0 Å². The van der Waals surface area contributed by atoms with Crippen LogP contribution in [0, 0.1) is 0 Å². The minimum absolute atomic E-state index is 0.502. The van der Waals surface area contributed by atoms with Crippen LogP contribution in [0.25, 0.3) is 0 Å². The summed E-state index contributed by atoms with van der Waals surface area (Å²) in [5.74, 6) is 2.15. The number of ether oxygens (including phenoxy) is 3. The maximum absolute atomic E-state index is 5.31. The lowest BCUT2D eigenvalue weighted by molar-refractivity contribution is 0.324. The van der Waals surface area contributed by atoms with Gasteiger partial charge in [0.15, 0.2) is 11.5 Å². The Labute approximate surface area is 125 Å². The first-order chi connectivity index (χ1) is 9.71. The number of nitrogens with zero attached hydrogens (tertiary/aromatic N) is 3. The van der Waals surface area contributed by atoms with E-state index in [-0.39, 0.29) is 0 Å². The van der Waals surface area contributed by atoms with Gasteiger partial charge in [0.2, 0.25) is 11.7 Å². The molecule has 0 aliphatic carbocycles. The number of rotatable bonds is 5. The first kappa shape index (κ1) is 14.4. The van der Waals surface area contributed by atoms with Crippen molar-refractivity contribution < 1.29 is 14.2 Å². The van der Waals surface area contributed by atoms with Gasteiger partial charge in [0.25, 0.3) is 0 Å². The average molecular weight is 340 g/mol. The van der Waals surface area contributed by atoms with E-state index in [9.17, 15) is 0 Å². The number of halogens is 1. The Hall–Kier alpha value is -2.02. The van der Waals surface area contributed by atoms with Crippen LogP contribution in [0.1, 0.15) is 0 Å². The fraction of sp³-hybridized carbons (Fsp3) is 0.231. The summed E-state index contributed by atoms with van der Waals surface area (Å²) in [6, 6.07) is 5.35. The number of hydrogen-bond donors (Lipinski definition) is 0. The van der Waals surface area contributed by atoms with Crippen LogP contribution in [0.2, 0.25) is 0 Å². The molecular weight excluding hydrogens is 326 g/mol. The Morgan fingerprint density at radius 1 is 0.950 bits per heavy atom. The summed E-state index contributed by atoms with van der Waals surface area (Å²) in [4.78, 5) is 8.33. The smallest absolute Gasteiger partial charge is 0.240 e. The van der Waals surface area contributed by atoms with E-state index in [1.54, 1.807) is 55.8 Å². The zero-order chi connectivity index (χ0) is 14.5. The normalized spacial score (nSPS) is 10.0. The number of aromatic nitrogens is 2. The monoisotopic (exact) mass is 339 g/mol. The Morgan fingerprint density at radius 3 is 1.95 bits per heavy atom. The number of benzene rings is 1. The molecule has 0 saturated heterocycles. The maximum atomic E-state index is 5.31. The summed E-state index contributed by atoms with van der Waals surface area (Å²) in [7, 11) is 4.70. The largest absolute Gasteiger partial charge is 0.493 e. The predicted octanol–water partition coefficient (Wildman–Crippen LogP) is 2.95. The summed E-state index contributed by atoms with van der Waals surface area (Å²) >= 11 is 3.42. The quantitative estimate of drug-likeness (QED) is 0.780. The Kier molecular flexibility index (Phi) is 4.62. The van der Waals surface area contributed by atoms with Gasteiger partial charge in [0, 0.05) is 24.5 Å². The summed E-state index contributed by atoms with van der Waals surface area (Å²) < 4.78 is 17.6. The van der Waals surface area contributed by atoms with Gasteiger partial charge in [-0.2, -0.15) is 0 Å². The van der Waals surface area contributed by atoms with E-state index >= 15 is 0 Å². The zero-order valence-corrected chi connectivity index (χ0v) is 12.9. The van der Waals surface area contributed by atoms with Crippen LogP contribution in [0.15, 0.2) is 30.6 Å². The van der Waals surface area contributed by atoms with Crippen LogP contribution >= 0.6 is 16.1 Å². The van der Waals surface area contributed by atoms with Crippen LogP contribution < -0.4 is 18.1 Å². The lowest BCUT2D eigenvalue weighted by atomic mass is 10.2. The Bertz CT molecular complexity index is 555. The third-order valence-electron chi connectivity index (χ3n) is 2.60. The van der Waals surface area contributed by atoms with Crippen LogP contribution in [0.3, 0.4) is 0 Å². The molecule has 0 fully saturated rings. The van der Waals surface area contributed by atoms with Crippen LogP contribution in [0.5, 0.6) is 17.2 Å². The molecule has 0 spiro atoms. The molecule has 0 saturated carbocycles. The second-order valence-corrected chi connectivity index (χ2v) is 4.42. The van der Waals surface area contributed by atoms with Crippen molar-refractivity contribution in [3.05, 3.63) is 30.6 Å². The van der Waals surface area contributed by atoms with E-state index in [1.165, 1.54) is 0 Å². The van der Waals surface area contributed by atoms with Gasteiger partial charge in [0.05, 0.1) is 43.2 Å². The molecule has 0 unspecified atom stereocenters. The predicted molar refractivity (Wildman–Crippen MR) is 79.2 cm³/mol. The summed E-state index contributed by atoms with van der Waals surface area (Å²) in [5, 5.41) is 0.